The van der Waals surface area contributed by atoms with Crippen molar-refractivity contribution in [1.82, 2.24) is 0 Å². The molecule has 0 heterocycles. The number of hydrogen-bond acceptors (Lipinski definition) is 2. The summed E-state index contributed by atoms with van der Waals surface area (Å²) in [7, 11) is 0. The van der Waals surface area contributed by atoms with E-state index < -0.39 is 0 Å². The number of benzene rings is 1. The van der Waals surface area contributed by atoms with Gasteiger partial charge < -0.3 is 10.5 Å². The summed E-state index contributed by atoms with van der Waals surface area (Å²) in [5.74, 6) is 1.94. The Kier molecular flexibility index (Phi) is 4.43. The highest BCUT2D eigenvalue weighted by Crippen LogP contribution is 2.32. The van der Waals surface area contributed by atoms with E-state index in [1.54, 1.807) is 0 Å². The summed E-state index contributed by atoms with van der Waals surface area (Å²) in [5.41, 5.74) is 7.09. The third-order valence-corrected chi connectivity index (χ3v) is 3.30. The van der Waals surface area contributed by atoms with Crippen molar-refractivity contribution in [3.8, 4) is 5.75 Å². The van der Waals surface area contributed by atoms with Crippen LogP contribution in [0.5, 0.6) is 5.75 Å². The van der Waals surface area contributed by atoms with Gasteiger partial charge in [-0.15, -0.1) is 0 Å². The van der Waals surface area contributed by atoms with Crippen molar-refractivity contribution in [2.24, 2.45) is 11.7 Å². The second kappa shape index (κ2) is 6.06. The minimum Gasteiger partial charge on any atom is -0.494 e. The Hall–Kier alpha value is -1.02. The maximum Gasteiger partial charge on any atom is 0.119 e. The van der Waals surface area contributed by atoms with Gasteiger partial charge in [-0.25, -0.2) is 0 Å². The summed E-state index contributed by atoms with van der Waals surface area (Å²) in [6.07, 6.45) is 6.12. The molecule has 1 saturated carbocycles. The predicted octanol–water partition coefficient (Wildman–Crippen LogP) is 3.15. The zero-order valence-corrected chi connectivity index (χ0v) is 10.7. The van der Waals surface area contributed by atoms with Crippen LogP contribution < -0.4 is 10.5 Å². The van der Waals surface area contributed by atoms with Gasteiger partial charge >= 0.3 is 0 Å². The Morgan fingerprint density at radius 1 is 1.29 bits per heavy atom. The van der Waals surface area contributed by atoms with Gasteiger partial charge in [0.2, 0.25) is 0 Å². The van der Waals surface area contributed by atoms with Crippen LogP contribution >= 0.6 is 0 Å². The minimum atomic E-state index is 0.282. The number of hydrogen-bond donors (Lipinski definition) is 1. The predicted molar refractivity (Wildman–Crippen MR) is 71.2 cm³/mol. The molecule has 0 radical (unpaired) electrons. The Morgan fingerprint density at radius 2 is 2.00 bits per heavy atom. The van der Waals surface area contributed by atoms with Crippen molar-refractivity contribution < 1.29 is 4.74 Å². The third-order valence-electron chi connectivity index (χ3n) is 3.30. The van der Waals surface area contributed by atoms with Crippen molar-refractivity contribution >= 4 is 0 Å². The molecule has 0 aliphatic heterocycles. The first kappa shape index (κ1) is 12.4. The molecule has 0 bridgehead atoms. The fourth-order valence-electron chi connectivity index (χ4n) is 1.90. The largest absolute Gasteiger partial charge is 0.494 e. The molecule has 2 rings (SSSR count). The molecule has 2 nitrogen and oxygen atoms in total. The van der Waals surface area contributed by atoms with E-state index in [1.807, 2.05) is 0 Å². The van der Waals surface area contributed by atoms with E-state index in [4.69, 9.17) is 10.5 Å². The first-order valence-corrected chi connectivity index (χ1v) is 6.71. The van der Waals surface area contributed by atoms with E-state index in [1.165, 1.54) is 24.8 Å². The second-order valence-corrected chi connectivity index (χ2v) is 5.24. The highest BCUT2D eigenvalue weighted by molar-refractivity contribution is 5.27. The smallest absolute Gasteiger partial charge is 0.119 e. The highest BCUT2D eigenvalue weighted by Gasteiger charge is 2.20. The minimum absolute atomic E-state index is 0.282. The molecule has 1 aliphatic carbocycles. The maximum absolute atomic E-state index is 5.75. The topological polar surface area (TPSA) is 35.2 Å². The van der Waals surface area contributed by atoms with Crippen LogP contribution in [0.1, 0.15) is 38.2 Å². The summed E-state index contributed by atoms with van der Waals surface area (Å²) >= 11 is 0. The van der Waals surface area contributed by atoms with Crippen LogP contribution in [-0.4, -0.2) is 12.6 Å². The average Bonchev–Trinajstić information content (AvgIpc) is 3.12. The summed E-state index contributed by atoms with van der Waals surface area (Å²) in [5, 5.41) is 0. The molecule has 0 aromatic heterocycles. The molecule has 2 heteroatoms. The molecule has 2 N–H and O–H groups in total. The van der Waals surface area contributed by atoms with E-state index in [2.05, 4.69) is 31.2 Å². The van der Waals surface area contributed by atoms with Crippen LogP contribution in [-0.2, 0) is 6.42 Å². The summed E-state index contributed by atoms with van der Waals surface area (Å²) in [6.45, 7) is 2.92. The number of rotatable bonds is 7. The lowest BCUT2D eigenvalue weighted by molar-refractivity contribution is 0.302. The average molecular weight is 233 g/mol. The van der Waals surface area contributed by atoms with Gasteiger partial charge in [0, 0.05) is 6.04 Å². The molecule has 17 heavy (non-hydrogen) atoms. The molecule has 0 amide bonds. The third kappa shape index (κ3) is 4.78. The van der Waals surface area contributed by atoms with Crippen molar-refractivity contribution in [3.05, 3.63) is 29.8 Å². The molecule has 0 saturated heterocycles. The van der Waals surface area contributed by atoms with E-state index in [0.717, 1.165) is 31.1 Å². The van der Waals surface area contributed by atoms with Crippen LogP contribution in [0.2, 0.25) is 0 Å². The van der Waals surface area contributed by atoms with Gasteiger partial charge in [-0.2, -0.15) is 0 Å². The van der Waals surface area contributed by atoms with Gasteiger partial charge in [-0.05, 0) is 49.8 Å². The molecule has 1 unspecified atom stereocenters. The molecule has 1 aromatic rings. The van der Waals surface area contributed by atoms with Gasteiger partial charge in [0.15, 0.2) is 0 Å². The fourth-order valence-corrected chi connectivity index (χ4v) is 1.90. The molecular weight excluding hydrogens is 210 g/mol. The quantitative estimate of drug-likeness (QED) is 0.785. The van der Waals surface area contributed by atoms with Gasteiger partial charge in [0.05, 0.1) is 6.61 Å². The zero-order chi connectivity index (χ0) is 12.1. The van der Waals surface area contributed by atoms with Crippen LogP contribution in [0.4, 0.5) is 0 Å². The zero-order valence-electron chi connectivity index (χ0n) is 10.7. The van der Waals surface area contributed by atoms with Crippen molar-refractivity contribution in [2.75, 3.05) is 6.61 Å². The molecule has 1 atom stereocenters. The van der Waals surface area contributed by atoms with Gasteiger partial charge in [-0.1, -0.05) is 25.0 Å². The maximum atomic E-state index is 5.75. The van der Waals surface area contributed by atoms with Crippen molar-refractivity contribution in [2.45, 2.75) is 45.1 Å². The standard InChI is InChI=1S/C15H23NO/c1-12(16)2-3-13-6-8-15(9-7-13)17-11-10-14-4-5-14/h6-9,12,14H,2-5,10-11,16H2,1H3. The molecule has 0 spiro atoms. The summed E-state index contributed by atoms with van der Waals surface area (Å²) in [4.78, 5) is 0. The van der Waals surface area contributed by atoms with E-state index in [-0.39, 0.29) is 6.04 Å². The molecule has 94 valence electrons. The van der Waals surface area contributed by atoms with Gasteiger partial charge in [-0.3, -0.25) is 0 Å². The van der Waals surface area contributed by atoms with Crippen molar-refractivity contribution in [3.63, 3.8) is 0 Å². The summed E-state index contributed by atoms with van der Waals surface area (Å²) in [6, 6.07) is 8.72. The second-order valence-electron chi connectivity index (χ2n) is 5.24. The Balaban J connectivity index is 1.71. The van der Waals surface area contributed by atoms with Gasteiger partial charge in [0.25, 0.3) is 0 Å². The van der Waals surface area contributed by atoms with Crippen LogP contribution in [0.25, 0.3) is 0 Å². The lowest BCUT2D eigenvalue weighted by atomic mass is 10.1. The monoisotopic (exact) mass is 233 g/mol. The van der Waals surface area contributed by atoms with Crippen LogP contribution in [0, 0.1) is 5.92 Å². The van der Waals surface area contributed by atoms with E-state index in [0.29, 0.717) is 0 Å². The van der Waals surface area contributed by atoms with Crippen LogP contribution in [0.3, 0.4) is 0 Å². The Labute approximate surface area is 104 Å². The van der Waals surface area contributed by atoms with E-state index in [9.17, 15) is 0 Å². The Morgan fingerprint density at radius 3 is 2.59 bits per heavy atom. The SMILES string of the molecule is CC(N)CCc1ccc(OCCC2CC2)cc1. The lowest BCUT2D eigenvalue weighted by Crippen LogP contribution is -2.15. The molecule has 1 aliphatic rings. The molecule has 1 aromatic carbocycles. The number of ether oxygens (including phenoxy) is 1. The Bertz CT molecular complexity index is 327. The van der Waals surface area contributed by atoms with Gasteiger partial charge in [0.1, 0.15) is 5.75 Å². The van der Waals surface area contributed by atoms with Crippen molar-refractivity contribution in [1.29, 1.82) is 0 Å². The van der Waals surface area contributed by atoms with E-state index >= 15 is 0 Å². The number of nitrogens with two attached hydrogens (primary N) is 1. The first-order chi connectivity index (χ1) is 8.24. The normalized spacial score (nSPS) is 16.8. The first-order valence-electron chi connectivity index (χ1n) is 6.71. The summed E-state index contributed by atoms with van der Waals surface area (Å²) < 4.78 is 5.71. The lowest BCUT2D eigenvalue weighted by Gasteiger charge is -2.08. The number of aryl methyl sites for hydroxylation is 1. The molecule has 1 fully saturated rings. The molecular formula is C15H23NO. The fraction of sp³-hybridized carbons (Fsp3) is 0.600. The van der Waals surface area contributed by atoms with Crippen LogP contribution in [0.15, 0.2) is 24.3 Å². The highest BCUT2D eigenvalue weighted by atomic mass is 16.5.